The van der Waals surface area contributed by atoms with Crippen LogP contribution in [-0.4, -0.2) is 29.2 Å². The minimum atomic E-state index is -2.55. The van der Waals surface area contributed by atoms with Crippen molar-refractivity contribution in [1.29, 1.82) is 5.53 Å². The first kappa shape index (κ1) is 20.8. The number of nitrogens with one attached hydrogen (secondary N) is 2. The third-order valence-electron chi connectivity index (χ3n) is 4.31. The van der Waals surface area contributed by atoms with E-state index in [1.807, 2.05) is 0 Å². The summed E-state index contributed by atoms with van der Waals surface area (Å²) in [5.74, 6) is 0. The van der Waals surface area contributed by atoms with Crippen molar-refractivity contribution in [3.05, 3.63) is 46.8 Å². The van der Waals surface area contributed by atoms with Crippen LogP contribution >= 0.6 is 0 Å². The smallest absolute Gasteiger partial charge is 0.410 e. The Morgan fingerprint density at radius 2 is 2.07 bits per heavy atom. The van der Waals surface area contributed by atoms with Gasteiger partial charge in [0, 0.05) is 30.8 Å². The average molecular weight is 380 g/mol. The van der Waals surface area contributed by atoms with Crippen LogP contribution in [0.5, 0.6) is 0 Å². The molecule has 2 rings (SSSR count). The van der Waals surface area contributed by atoms with Gasteiger partial charge < -0.3 is 10.1 Å². The number of halogens is 2. The second-order valence-electron chi connectivity index (χ2n) is 7.43. The quantitative estimate of drug-likeness (QED) is 0.707. The molecule has 0 bridgehead atoms. The fourth-order valence-corrected chi connectivity index (χ4v) is 2.97. The van der Waals surface area contributed by atoms with Crippen molar-refractivity contribution in [3.63, 3.8) is 0 Å². The van der Waals surface area contributed by atoms with Crippen molar-refractivity contribution in [2.24, 2.45) is 5.11 Å². The highest BCUT2D eigenvalue weighted by Crippen LogP contribution is 2.27. The number of amides is 1. The van der Waals surface area contributed by atoms with E-state index in [4.69, 9.17) is 10.3 Å². The molecule has 0 spiro atoms. The summed E-state index contributed by atoms with van der Waals surface area (Å²) in [7, 11) is 0. The van der Waals surface area contributed by atoms with Gasteiger partial charge in [0.05, 0.1) is 6.04 Å². The van der Waals surface area contributed by atoms with Crippen molar-refractivity contribution >= 4 is 6.09 Å². The Labute approximate surface area is 158 Å². The molecule has 0 aliphatic carbocycles. The zero-order valence-electron chi connectivity index (χ0n) is 16.1. The third-order valence-corrected chi connectivity index (χ3v) is 4.31. The molecule has 6 nitrogen and oxygen atoms in total. The van der Waals surface area contributed by atoms with Crippen LogP contribution in [0.25, 0.3) is 0 Å². The lowest BCUT2D eigenvalue weighted by atomic mass is 10.0. The molecule has 0 fully saturated rings. The molecular formula is C19H26F2N4O2. The monoisotopic (exact) mass is 380 g/mol. The lowest BCUT2D eigenvalue weighted by molar-refractivity contribution is 0.0188. The molecule has 27 heavy (non-hydrogen) atoms. The SMILES string of the molecule is CC1C(N=N)=C(NCc2ccccc2C(F)F)CCN1C(=O)OC(C)(C)C. The van der Waals surface area contributed by atoms with Gasteiger partial charge in [-0.3, -0.25) is 4.90 Å². The van der Waals surface area contributed by atoms with Crippen LogP contribution in [-0.2, 0) is 11.3 Å². The summed E-state index contributed by atoms with van der Waals surface area (Å²) >= 11 is 0. The molecule has 148 valence electrons. The van der Waals surface area contributed by atoms with Gasteiger partial charge >= 0.3 is 6.09 Å². The third kappa shape index (κ3) is 5.24. The fourth-order valence-electron chi connectivity index (χ4n) is 2.97. The fraction of sp³-hybridized carbons (Fsp3) is 0.526. The Morgan fingerprint density at radius 1 is 1.41 bits per heavy atom. The van der Waals surface area contributed by atoms with E-state index >= 15 is 0 Å². The van der Waals surface area contributed by atoms with Gasteiger partial charge in [-0.25, -0.2) is 19.1 Å². The second-order valence-corrected chi connectivity index (χ2v) is 7.43. The van der Waals surface area contributed by atoms with E-state index in [2.05, 4.69) is 10.4 Å². The van der Waals surface area contributed by atoms with Crippen LogP contribution < -0.4 is 5.32 Å². The summed E-state index contributed by atoms with van der Waals surface area (Å²) in [4.78, 5) is 13.9. The number of hydrogen-bond donors (Lipinski definition) is 2. The van der Waals surface area contributed by atoms with E-state index in [1.165, 1.54) is 11.0 Å². The molecule has 0 saturated heterocycles. The summed E-state index contributed by atoms with van der Waals surface area (Å²) in [6.45, 7) is 7.74. The molecule has 1 amide bonds. The van der Waals surface area contributed by atoms with E-state index < -0.39 is 24.2 Å². The van der Waals surface area contributed by atoms with Gasteiger partial charge in [0.15, 0.2) is 0 Å². The highest BCUT2D eigenvalue weighted by atomic mass is 19.3. The number of carbonyl (C=O) groups is 1. The molecule has 1 aromatic carbocycles. The Kier molecular flexibility index (Phi) is 6.51. The first-order valence-corrected chi connectivity index (χ1v) is 8.84. The van der Waals surface area contributed by atoms with E-state index in [0.29, 0.717) is 29.9 Å². The molecule has 2 N–H and O–H groups in total. The van der Waals surface area contributed by atoms with E-state index in [-0.39, 0.29) is 12.1 Å². The van der Waals surface area contributed by atoms with E-state index in [9.17, 15) is 13.6 Å². The highest BCUT2D eigenvalue weighted by Gasteiger charge is 2.33. The van der Waals surface area contributed by atoms with Crippen molar-refractivity contribution < 1.29 is 18.3 Å². The van der Waals surface area contributed by atoms with Crippen molar-refractivity contribution in [1.82, 2.24) is 10.2 Å². The number of hydrogen-bond acceptors (Lipinski definition) is 5. The number of ether oxygens (including phenoxy) is 1. The maximum Gasteiger partial charge on any atom is 0.410 e. The van der Waals surface area contributed by atoms with Gasteiger partial charge in [-0.2, -0.15) is 5.11 Å². The predicted octanol–water partition coefficient (Wildman–Crippen LogP) is 4.99. The molecule has 1 aliphatic heterocycles. The Bertz CT molecular complexity index is 729. The minimum Gasteiger partial charge on any atom is -0.444 e. The van der Waals surface area contributed by atoms with Gasteiger partial charge in [-0.05, 0) is 33.3 Å². The largest absolute Gasteiger partial charge is 0.444 e. The lowest BCUT2D eigenvalue weighted by Gasteiger charge is -2.36. The van der Waals surface area contributed by atoms with Crippen molar-refractivity contribution in [3.8, 4) is 0 Å². The molecule has 1 heterocycles. The van der Waals surface area contributed by atoms with Crippen LogP contribution in [0.2, 0.25) is 0 Å². The van der Waals surface area contributed by atoms with Gasteiger partial charge in [0.25, 0.3) is 6.43 Å². The first-order chi connectivity index (χ1) is 12.6. The normalized spacial score (nSPS) is 17.9. The maximum atomic E-state index is 13.1. The summed E-state index contributed by atoms with van der Waals surface area (Å²) in [5.41, 5.74) is 8.43. The van der Waals surface area contributed by atoms with E-state index in [1.54, 1.807) is 45.9 Å². The number of rotatable bonds is 5. The molecule has 8 heteroatoms. The van der Waals surface area contributed by atoms with Crippen LogP contribution in [0.1, 0.15) is 51.7 Å². The molecule has 1 aliphatic rings. The van der Waals surface area contributed by atoms with E-state index in [0.717, 1.165) is 0 Å². The van der Waals surface area contributed by atoms with Crippen LogP contribution in [0, 0.1) is 5.53 Å². The Morgan fingerprint density at radius 3 is 2.67 bits per heavy atom. The maximum absolute atomic E-state index is 13.1. The number of carbonyl (C=O) groups excluding carboxylic acids is 1. The van der Waals surface area contributed by atoms with Gasteiger partial charge in [0.2, 0.25) is 0 Å². The summed E-state index contributed by atoms with van der Waals surface area (Å²) in [6.07, 6.45) is -2.57. The molecule has 1 aromatic rings. The van der Waals surface area contributed by atoms with Crippen LogP contribution in [0.3, 0.4) is 0 Å². The summed E-state index contributed by atoms with van der Waals surface area (Å²) in [6, 6.07) is 5.89. The Balaban J connectivity index is 2.15. The minimum absolute atomic E-state index is 0.0193. The molecule has 1 unspecified atom stereocenters. The van der Waals surface area contributed by atoms with Crippen LogP contribution in [0.4, 0.5) is 13.6 Å². The summed E-state index contributed by atoms with van der Waals surface area (Å²) < 4.78 is 31.7. The number of benzene rings is 1. The zero-order valence-corrected chi connectivity index (χ0v) is 16.1. The second kappa shape index (κ2) is 8.45. The van der Waals surface area contributed by atoms with Crippen LogP contribution in [0.15, 0.2) is 40.8 Å². The number of alkyl halides is 2. The lowest BCUT2D eigenvalue weighted by Crippen LogP contribution is -2.46. The first-order valence-electron chi connectivity index (χ1n) is 8.84. The van der Waals surface area contributed by atoms with Gasteiger partial charge in [-0.1, -0.05) is 24.3 Å². The standard InChI is InChI=1S/C19H26F2N4O2/c1-12-16(24-22)15(9-10-25(12)18(26)27-19(2,3)4)23-11-13-7-5-6-8-14(13)17(20)21/h5-8,12,17,22-23H,9-11H2,1-4H3. The molecule has 1 atom stereocenters. The Hall–Kier alpha value is -2.51. The highest BCUT2D eigenvalue weighted by molar-refractivity contribution is 5.69. The predicted molar refractivity (Wildman–Crippen MR) is 97.4 cm³/mol. The molecule has 0 radical (unpaired) electrons. The number of nitrogens with zero attached hydrogens (tertiary/aromatic N) is 2. The molecule has 0 saturated carbocycles. The van der Waals surface area contributed by atoms with Crippen molar-refractivity contribution in [2.75, 3.05) is 6.54 Å². The summed E-state index contributed by atoms with van der Waals surface area (Å²) in [5, 5.41) is 6.70. The molecule has 0 aromatic heterocycles. The average Bonchev–Trinajstić information content (AvgIpc) is 2.58. The van der Waals surface area contributed by atoms with Gasteiger partial charge in [0.1, 0.15) is 11.3 Å². The zero-order chi connectivity index (χ0) is 20.2. The van der Waals surface area contributed by atoms with Crippen molar-refractivity contribution in [2.45, 2.75) is 58.7 Å². The van der Waals surface area contributed by atoms with Gasteiger partial charge in [-0.15, -0.1) is 0 Å². The topological polar surface area (TPSA) is 77.8 Å². The molecular weight excluding hydrogens is 354 g/mol.